The molecule has 4 unspecified atom stereocenters. The van der Waals surface area contributed by atoms with Gasteiger partial charge >= 0.3 is 5.97 Å². The molecule has 0 aromatic heterocycles. The molecule has 9 nitrogen and oxygen atoms in total. The second-order valence-electron chi connectivity index (χ2n) is 9.84. The van der Waals surface area contributed by atoms with Gasteiger partial charge in [-0.2, -0.15) is 0 Å². The number of carboxylic acids is 1. The number of amides is 2. The highest BCUT2D eigenvalue weighted by Gasteiger charge is 2.61. The van der Waals surface area contributed by atoms with E-state index in [9.17, 15) is 18.8 Å². The first-order chi connectivity index (χ1) is 18.1. The molecule has 4 atom stereocenters. The molecule has 0 saturated heterocycles. The van der Waals surface area contributed by atoms with E-state index in [4.69, 9.17) is 37.8 Å². The van der Waals surface area contributed by atoms with Crippen LogP contribution in [0.4, 0.5) is 10.1 Å². The average Bonchev–Trinajstić information content (AvgIpc) is 2.86. The lowest BCUT2D eigenvalue weighted by Gasteiger charge is -2.63. The van der Waals surface area contributed by atoms with Crippen molar-refractivity contribution in [1.82, 2.24) is 10.6 Å². The Balaban J connectivity index is 1.15. The molecular formula is C26H26Cl2FN3O6. The number of aliphatic carboxylic acids is 1. The van der Waals surface area contributed by atoms with E-state index in [0.717, 1.165) is 18.9 Å². The Morgan fingerprint density at radius 2 is 2.03 bits per heavy atom. The molecule has 3 aliphatic rings. The van der Waals surface area contributed by atoms with Crippen molar-refractivity contribution in [2.24, 2.45) is 5.92 Å². The van der Waals surface area contributed by atoms with Crippen molar-refractivity contribution in [2.75, 3.05) is 24.6 Å². The molecule has 2 amide bonds. The maximum absolute atomic E-state index is 13.6. The number of halogens is 3. The molecule has 202 valence electrons. The molecule has 2 aromatic rings. The number of carbonyl (C=O) groups excluding carboxylic acids is 2. The number of ether oxygens (including phenoxy) is 2. The molecule has 5 rings (SSSR count). The van der Waals surface area contributed by atoms with E-state index < -0.39 is 23.4 Å². The topological polar surface area (TPSA) is 117 Å². The van der Waals surface area contributed by atoms with Gasteiger partial charge in [0, 0.05) is 35.1 Å². The molecule has 0 spiro atoms. The number of rotatable bonds is 9. The van der Waals surface area contributed by atoms with Gasteiger partial charge in [0.05, 0.1) is 23.7 Å². The third-order valence-electron chi connectivity index (χ3n) is 7.47. The fraction of sp³-hybridized carbons (Fsp3) is 0.423. The standard InChI is InChI=1S/C26H26Cl2FN3O6/c27-14-1-4-21-20(9-14)32(8-6-24(34)35)12-22(38-21)25(36)31-26-7-5-16(26)19(11-26)30-23(33)13-37-15-2-3-17(28)18(29)10-15/h1-4,9-10,16,19,22H,5-8,11-13H2,(H,30,33)(H,31,36)(H,34,35). The van der Waals surface area contributed by atoms with Crippen LogP contribution in [0.15, 0.2) is 36.4 Å². The number of carbonyl (C=O) groups is 3. The summed E-state index contributed by atoms with van der Waals surface area (Å²) in [5.41, 5.74) is 0.238. The van der Waals surface area contributed by atoms with E-state index >= 15 is 0 Å². The number of carboxylic acid groups (broad SMARTS) is 1. The number of nitrogens with one attached hydrogen (secondary N) is 2. The zero-order chi connectivity index (χ0) is 27.0. The van der Waals surface area contributed by atoms with Gasteiger partial charge in [-0.25, -0.2) is 4.39 Å². The molecule has 38 heavy (non-hydrogen) atoms. The molecule has 2 aromatic carbocycles. The monoisotopic (exact) mass is 565 g/mol. The molecule has 0 radical (unpaired) electrons. The van der Waals surface area contributed by atoms with E-state index in [1.165, 1.54) is 12.1 Å². The van der Waals surface area contributed by atoms with Gasteiger partial charge in [0.1, 0.15) is 17.3 Å². The van der Waals surface area contributed by atoms with Gasteiger partial charge in [0.2, 0.25) is 0 Å². The lowest BCUT2D eigenvalue weighted by molar-refractivity contribution is -0.142. The highest BCUT2D eigenvalue weighted by atomic mass is 35.5. The van der Waals surface area contributed by atoms with E-state index in [2.05, 4.69) is 10.6 Å². The van der Waals surface area contributed by atoms with E-state index in [1.807, 2.05) is 0 Å². The van der Waals surface area contributed by atoms with Crippen LogP contribution in [0.3, 0.4) is 0 Å². The second kappa shape index (κ2) is 10.5. The number of nitrogens with zero attached hydrogens (tertiary/aromatic N) is 1. The minimum absolute atomic E-state index is 0.0279. The highest BCUT2D eigenvalue weighted by Crippen LogP contribution is 2.54. The minimum Gasteiger partial charge on any atom is -0.484 e. The number of hydrogen-bond donors (Lipinski definition) is 3. The normalized spacial score (nSPS) is 25.0. The summed E-state index contributed by atoms with van der Waals surface area (Å²) in [6.07, 6.45) is 1.30. The van der Waals surface area contributed by atoms with Crippen LogP contribution < -0.4 is 25.0 Å². The summed E-state index contributed by atoms with van der Waals surface area (Å²) in [5.74, 6) is -1.43. The number of benzene rings is 2. The average molecular weight is 566 g/mol. The van der Waals surface area contributed by atoms with E-state index in [-0.39, 0.29) is 60.7 Å². The van der Waals surface area contributed by atoms with Gasteiger partial charge in [0.15, 0.2) is 12.7 Å². The zero-order valence-corrected chi connectivity index (χ0v) is 21.7. The zero-order valence-electron chi connectivity index (χ0n) is 20.2. The SMILES string of the molecule is O=C(O)CCN1CC(C(=O)NC23CCC2C(NC(=O)COc2ccc(Cl)c(F)c2)C3)Oc2ccc(Cl)cc21. The van der Waals surface area contributed by atoms with Crippen LogP contribution in [-0.4, -0.2) is 60.3 Å². The fourth-order valence-corrected chi connectivity index (χ4v) is 5.71. The third kappa shape index (κ3) is 5.33. The summed E-state index contributed by atoms with van der Waals surface area (Å²) in [4.78, 5) is 38.6. The Labute approximate surface area is 228 Å². The van der Waals surface area contributed by atoms with Gasteiger partial charge in [-0.05, 0) is 49.6 Å². The van der Waals surface area contributed by atoms with Gasteiger partial charge < -0.3 is 30.1 Å². The second-order valence-corrected chi connectivity index (χ2v) is 10.7. The maximum atomic E-state index is 13.6. The highest BCUT2D eigenvalue weighted by molar-refractivity contribution is 6.31. The number of hydrogen-bond acceptors (Lipinski definition) is 6. The fourth-order valence-electron chi connectivity index (χ4n) is 5.43. The predicted molar refractivity (Wildman–Crippen MR) is 137 cm³/mol. The lowest BCUT2D eigenvalue weighted by Crippen LogP contribution is -2.76. The Hall–Kier alpha value is -3.24. The Morgan fingerprint density at radius 3 is 2.71 bits per heavy atom. The predicted octanol–water partition coefficient (Wildman–Crippen LogP) is 3.41. The summed E-state index contributed by atoms with van der Waals surface area (Å²) in [6.45, 7) is 0.133. The third-order valence-corrected chi connectivity index (χ3v) is 8.01. The van der Waals surface area contributed by atoms with E-state index in [0.29, 0.717) is 22.9 Å². The minimum atomic E-state index is -0.939. The molecular weight excluding hydrogens is 540 g/mol. The summed E-state index contributed by atoms with van der Waals surface area (Å²) < 4.78 is 24.9. The van der Waals surface area contributed by atoms with Gasteiger partial charge in [-0.1, -0.05) is 23.2 Å². The van der Waals surface area contributed by atoms with Crippen LogP contribution in [-0.2, 0) is 14.4 Å². The van der Waals surface area contributed by atoms with Crippen LogP contribution in [0.25, 0.3) is 0 Å². The van der Waals surface area contributed by atoms with Crippen molar-refractivity contribution in [1.29, 1.82) is 0 Å². The Kier molecular flexibility index (Phi) is 7.28. The molecule has 12 heteroatoms. The molecule has 1 aliphatic heterocycles. The van der Waals surface area contributed by atoms with Crippen LogP contribution in [0, 0.1) is 11.7 Å². The summed E-state index contributed by atoms with van der Waals surface area (Å²) in [5, 5.41) is 15.6. The first-order valence-corrected chi connectivity index (χ1v) is 13.0. The molecule has 3 N–H and O–H groups in total. The number of anilines is 1. The van der Waals surface area contributed by atoms with Crippen molar-refractivity contribution in [3.8, 4) is 11.5 Å². The first kappa shape index (κ1) is 26.4. The smallest absolute Gasteiger partial charge is 0.305 e. The summed E-state index contributed by atoms with van der Waals surface area (Å²) in [6, 6.07) is 8.88. The number of fused-ring (bicyclic) bond motifs is 2. The lowest BCUT2D eigenvalue weighted by atomic mass is 9.50. The van der Waals surface area contributed by atoms with Gasteiger partial charge in [-0.15, -0.1) is 0 Å². The van der Waals surface area contributed by atoms with Crippen molar-refractivity contribution in [2.45, 2.75) is 43.4 Å². The molecule has 2 aliphatic carbocycles. The van der Waals surface area contributed by atoms with Crippen LogP contribution in [0.5, 0.6) is 11.5 Å². The van der Waals surface area contributed by atoms with E-state index in [1.54, 1.807) is 23.1 Å². The van der Waals surface area contributed by atoms with Crippen molar-refractivity contribution in [3.05, 3.63) is 52.3 Å². The maximum Gasteiger partial charge on any atom is 0.305 e. The van der Waals surface area contributed by atoms with Gasteiger partial charge in [-0.3, -0.25) is 14.4 Å². The van der Waals surface area contributed by atoms with Crippen LogP contribution in [0.1, 0.15) is 25.7 Å². The molecule has 2 fully saturated rings. The molecule has 1 heterocycles. The summed E-state index contributed by atoms with van der Waals surface area (Å²) in [7, 11) is 0. The first-order valence-electron chi connectivity index (χ1n) is 12.3. The molecule has 0 bridgehead atoms. The van der Waals surface area contributed by atoms with Gasteiger partial charge in [0.25, 0.3) is 11.8 Å². The largest absolute Gasteiger partial charge is 0.484 e. The quantitative estimate of drug-likeness (QED) is 0.426. The van der Waals surface area contributed by atoms with Crippen LogP contribution >= 0.6 is 23.2 Å². The summed E-state index contributed by atoms with van der Waals surface area (Å²) >= 11 is 11.8. The van der Waals surface area contributed by atoms with Crippen molar-refractivity contribution >= 4 is 46.7 Å². The Morgan fingerprint density at radius 1 is 1.21 bits per heavy atom. The van der Waals surface area contributed by atoms with Crippen molar-refractivity contribution in [3.63, 3.8) is 0 Å². The van der Waals surface area contributed by atoms with Crippen LogP contribution in [0.2, 0.25) is 10.0 Å². The van der Waals surface area contributed by atoms with Crippen molar-refractivity contribution < 1.29 is 33.4 Å². The Bertz CT molecular complexity index is 1280. The molecule has 2 saturated carbocycles.